The predicted octanol–water partition coefficient (Wildman–Crippen LogP) is 2.93. The molecule has 0 atom stereocenters. The molecule has 3 rings (SSSR count). The molecule has 1 aromatic carbocycles. The third-order valence-electron chi connectivity index (χ3n) is 4.44. The lowest BCUT2D eigenvalue weighted by Gasteiger charge is -2.10. The van der Waals surface area contributed by atoms with Crippen molar-refractivity contribution in [1.82, 2.24) is 5.32 Å². The average molecular weight is 384 g/mol. The first-order chi connectivity index (χ1) is 13.0. The topological polar surface area (TPSA) is 106 Å². The number of nitrogens with one attached hydrogen (secondary N) is 1. The average Bonchev–Trinajstić information content (AvgIpc) is 3.31. The Morgan fingerprint density at radius 3 is 2.63 bits per heavy atom. The molecule has 7 heteroatoms. The van der Waals surface area contributed by atoms with Crippen molar-refractivity contribution >= 4 is 29.6 Å². The molecule has 1 fully saturated rings. The second-order valence-electron chi connectivity index (χ2n) is 6.31. The molecule has 1 aliphatic carbocycles. The molecule has 27 heavy (non-hydrogen) atoms. The van der Waals surface area contributed by atoms with E-state index in [0.717, 1.165) is 25.7 Å². The van der Waals surface area contributed by atoms with Gasteiger partial charge >= 0.3 is 0 Å². The summed E-state index contributed by atoms with van der Waals surface area (Å²) in [7, 11) is 0. The molecule has 1 N–H and O–H groups in total. The number of carbonyl (C=O) groups is 2. The molecule has 1 aromatic heterocycles. The fraction of sp³-hybridized carbons (Fsp3) is 0.250. The highest BCUT2D eigenvalue weighted by atomic mass is 35.5. The zero-order valence-electron chi connectivity index (χ0n) is 14.3. The van der Waals surface area contributed by atoms with E-state index in [1.165, 1.54) is 18.2 Å². The van der Waals surface area contributed by atoms with Crippen LogP contribution in [-0.4, -0.2) is 17.9 Å². The van der Waals surface area contributed by atoms with E-state index >= 15 is 0 Å². The molecule has 1 heterocycles. The molecule has 0 spiro atoms. The number of amides is 1. The first-order valence-electron chi connectivity index (χ1n) is 8.51. The number of hydrogen-bond donors (Lipinski definition) is 1. The maximum absolute atomic E-state index is 12.2. The summed E-state index contributed by atoms with van der Waals surface area (Å²) < 4.78 is 5.65. The molecule has 1 saturated carbocycles. The number of rotatable bonds is 5. The minimum Gasteiger partial charge on any atom is -0.545 e. The van der Waals surface area contributed by atoms with Crippen molar-refractivity contribution in [2.45, 2.75) is 31.7 Å². The van der Waals surface area contributed by atoms with E-state index in [1.54, 1.807) is 18.2 Å². The summed E-state index contributed by atoms with van der Waals surface area (Å²) in [6.07, 6.45) is 5.40. The second-order valence-corrected chi connectivity index (χ2v) is 6.72. The van der Waals surface area contributed by atoms with Gasteiger partial charge < -0.3 is 19.6 Å². The van der Waals surface area contributed by atoms with Crippen molar-refractivity contribution in [2.75, 3.05) is 0 Å². The quantitative estimate of drug-likeness (QED) is 0.631. The van der Waals surface area contributed by atoms with Crippen molar-refractivity contribution < 1.29 is 19.1 Å². The largest absolute Gasteiger partial charge is 0.545 e. The van der Waals surface area contributed by atoms with Crippen LogP contribution in [0.3, 0.4) is 0 Å². The zero-order chi connectivity index (χ0) is 19.4. The molecule has 0 aliphatic heterocycles. The number of nitriles is 1. The van der Waals surface area contributed by atoms with E-state index in [-0.39, 0.29) is 22.2 Å². The van der Waals surface area contributed by atoms with E-state index in [1.807, 2.05) is 6.07 Å². The Kier molecular flexibility index (Phi) is 5.63. The van der Waals surface area contributed by atoms with Crippen LogP contribution >= 0.6 is 11.6 Å². The molecule has 0 unspecified atom stereocenters. The number of nitrogens with zero attached hydrogens (tertiary/aromatic N) is 1. The molecule has 2 aromatic rings. The summed E-state index contributed by atoms with van der Waals surface area (Å²) in [5.74, 6) is -1.00. The number of benzene rings is 1. The number of carboxylic acids is 1. The van der Waals surface area contributed by atoms with Crippen molar-refractivity contribution in [1.29, 1.82) is 5.26 Å². The summed E-state index contributed by atoms with van der Waals surface area (Å²) >= 11 is 5.94. The van der Waals surface area contributed by atoms with Crippen LogP contribution in [-0.2, 0) is 4.79 Å². The van der Waals surface area contributed by atoms with E-state index in [9.17, 15) is 20.0 Å². The Morgan fingerprint density at radius 2 is 2.00 bits per heavy atom. The first kappa shape index (κ1) is 18.7. The number of carboxylic acid groups (broad SMARTS) is 1. The number of carbonyl (C=O) groups excluding carboxylic acids is 2. The predicted molar refractivity (Wildman–Crippen MR) is 97.5 cm³/mol. The van der Waals surface area contributed by atoms with Crippen molar-refractivity contribution in [3.63, 3.8) is 0 Å². The number of halogens is 1. The smallest absolute Gasteiger partial charge is 0.262 e. The molecule has 0 saturated heterocycles. The van der Waals surface area contributed by atoms with E-state index in [0.29, 0.717) is 17.1 Å². The highest BCUT2D eigenvalue weighted by molar-refractivity contribution is 6.33. The third-order valence-corrected chi connectivity index (χ3v) is 4.76. The lowest BCUT2D eigenvalue weighted by atomic mass is 10.1. The van der Waals surface area contributed by atoms with Gasteiger partial charge in [-0.05, 0) is 31.0 Å². The number of furan rings is 1. The SMILES string of the molecule is N#C/C(=C\c1ccc(-c2ccc(C(=O)[O-])c(Cl)c2)o1)C(=O)NC1CCCC1. The van der Waals surface area contributed by atoms with E-state index < -0.39 is 11.9 Å². The van der Waals surface area contributed by atoms with Crippen LogP contribution in [0.4, 0.5) is 0 Å². The molecular weight excluding hydrogens is 368 g/mol. The van der Waals surface area contributed by atoms with E-state index in [2.05, 4.69) is 5.32 Å². The van der Waals surface area contributed by atoms with Crippen molar-refractivity contribution in [3.8, 4) is 17.4 Å². The maximum atomic E-state index is 12.2. The Labute approximate surface area is 161 Å². The van der Waals surface area contributed by atoms with Gasteiger partial charge in [-0.3, -0.25) is 4.79 Å². The van der Waals surface area contributed by atoms with Gasteiger partial charge in [-0.15, -0.1) is 0 Å². The molecule has 138 valence electrons. The minimum absolute atomic E-state index is 0.0341. The maximum Gasteiger partial charge on any atom is 0.262 e. The van der Waals surface area contributed by atoms with Gasteiger partial charge in [-0.2, -0.15) is 5.26 Å². The minimum atomic E-state index is -1.36. The second kappa shape index (κ2) is 8.11. The summed E-state index contributed by atoms with van der Waals surface area (Å²) in [6.45, 7) is 0. The summed E-state index contributed by atoms with van der Waals surface area (Å²) in [5, 5.41) is 23.1. The molecule has 6 nitrogen and oxygen atoms in total. The van der Waals surface area contributed by atoms with Crippen molar-refractivity contribution in [2.24, 2.45) is 0 Å². The Hall–Kier alpha value is -3.04. The third kappa shape index (κ3) is 4.39. The number of hydrogen-bond acceptors (Lipinski definition) is 5. The molecule has 0 radical (unpaired) electrons. The monoisotopic (exact) mass is 383 g/mol. The normalized spacial score (nSPS) is 14.7. The lowest BCUT2D eigenvalue weighted by molar-refractivity contribution is -0.255. The first-order valence-corrected chi connectivity index (χ1v) is 8.89. The lowest BCUT2D eigenvalue weighted by Crippen LogP contribution is -2.33. The summed E-state index contributed by atoms with van der Waals surface area (Å²) in [4.78, 5) is 23.2. The van der Waals surface area contributed by atoms with Gasteiger partial charge in [-0.1, -0.05) is 36.6 Å². The van der Waals surface area contributed by atoms with Gasteiger partial charge in [0.1, 0.15) is 23.2 Å². The standard InChI is InChI=1S/C20H17ClN2O4/c21-17-10-12(5-7-16(17)20(25)26)18-8-6-15(27-18)9-13(11-22)19(24)23-14-3-1-2-4-14/h5-10,14H,1-4H2,(H,23,24)(H,25,26)/p-1/b13-9+. The molecule has 1 amide bonds. The van der Waals surface area contributed by atoms with Gasteiger partial charge in [0.25, 0.3) is 5.91 Å². The molecular formula is C20H16ClN2O4-. The van der Waals surface area contributed by atoms with Crippen LogP contribution in [0.25, 0.3) is 17.4 Å². The van der Waals surface area contributed by atoms with Crippen LogP contribution in [0.5, 0.6) is 0 Å². The highest BCUT2D eigenvalue weighted by Crippen LogP contribution is 2.28. The van der Waals surface area contributed by atoms with E-state index in [4.69, 9.17) is 16.0 Å². The van der Waals surface area contributed by atoms with Crippen LogP contribution in [0.1, 0.15) is 41.8 Å². The van der Waals surface area contributed by atoms with Gasteiger partial charge in [0.2, 0.25) is 0 Å². The zero-order valence-corrected chi connectivity index (χ0v) is 15.1. The van der Waals surface area contributed by atoms with Crippen LogP contribution in [0.2, 0.25) is 5.02 Å². The van der Waals surface area contributed by atoms with Gasteiger partial charge in [0.15, 0.2) is 0 Å². The fourth-order valence-corrected chi connectivity index (χ4v) is 3.30. The highest BCUT2D eigenvalue weighted by Gasteiger charge is 2.19. The number of aromatic carboxylic acids is 1. The summed E-state index contributed by atoms with van der Waals surface area (Å²) in [5.41, 5.74) is 0.425. The Balaban J connectivity index is 1.78. The fourth-order valence-electron chi connectivity index (χ4n) is 3.04. The van der Waals surface area contributed by atoms with Gasteiger partial charge in [0, 0.05) is 23.2 Å². The summed E-state index contributed by atoms with van der Waals surface area (Å²) in [6, 6.07) is 9.62. The Bertz CT molecular complexity index is 949. The van der Waals surface area contributed by atoms with Gasteiger partial charge in [0.05, 0.1) is 11.0 Å². The van der Waals surface area contributed by atoms with Crippen molar-refractivity contribution in [3.05, 3.63) is 52.3 Å². The Morgan fingerprint density at radius 1 is 1.26 bits per heavy atom. The van der Waals surface area contributed by atoms with Crippen LogP contribution in [0, 0.1) is 11.3 Å². The van der Waals surface area contributed by atoms with Crippen LogP contribution in [0.15, 0.2) is 40.3 Å². The van der Waals surface area contributed by atoms with Gasteiger partial charge in [-0.25, -0.2) is 0 Å². The molecule has 0 bridgehead atoms. The molecule has 1 aliphatic rings. The van der Waals surface area contributed by atoms with Crippen LogP contribution < -0.4 is 10.4 Å².